The Morgan fingerprint density at radius 2 is 2.42 bits per heavy atom. The maximum atomic E-state index is 10.7. The van der Waals surface area contributed by atoms with Crippen molar-refractivity contribution in [1.29, 1.82) is 0 Å². The Hall–Kier alpha value is -1.53. The summed E-state index contributed by atoms with van der Waals surface area (Å²) in [5.74, 6) is -1.07. The lowest BCUT2D eigenvalue weighted by Crippen LogP contribution is -2.40. The van der Waals surface area contributed by atoms with E-state index in [4.69, 9.17) is 10.3 Å². The first-order chi connectivity index (χ1) is 5.66. The molecule has 1 aliphatic rings. The summed E-state index contributed by atoms with van der Waals surface area (Å²) in [5, 5.41) is 30.7. The molecule has 12 heavy (non-hydrogen) atoms. The van der Waals surface area contributed by atoms with Crippen molar-refractivity contribution >= 4 is 5.97 Å². The van der Waals surface area contributed by atoms with Crippen LogP contribution in [0.25, 0.3) is 0 Å². The fourth-order valence-corrected chi connectivity index (χ4v) is 1.26. The summed E-state index contributed by atoms with van der Waals surface area (Å²) in [6.45, 7) is 0.310. The quantitative estimate of drug-likeness (QED) is 0.344. The number of hydrazine groups is 1. The van der Waals surface area contributed by atoms with E-state index < -0.39 is 12.0 Å². The second-order valence-electron chi connectivity index (χ2n) is 2.50. The van der Waals surface area contributed by atoms with Gasteiger partial charge in [-0.15, -0.1) is 5.01 Å². The minimum absolute atomic E-state index is 0.0915. The minimum atomic E-state index is -1.07. The molecule has 0 amide bonds. The van der Waals surface area contributed by atoms with E-state index >= 15 is 0 Å². The Morgan fingerprint density at radius 3 is 2.92 bits per heavy atom. The van der Waals surface area contributed by atoms with Crippen molar-refractivity contribution in [3.05, 3.63) is 5.21 Å². The van der Waals surface area contributed by atoms with Crippen LogP contribution in [0.4, 0.5) is 0 Å². The van der Waals surface area contributed by atoms with Crippen LogP contribution >= 0.6 is 0 Å². The molecule has 1 aliphatic heterocycles. The maximum Gasteiger partial charge on any atom is 0.332 e. The molecule has 0 aliphatic carbocycles. The van der Waals surface area contributed by atoms with Gasteiger partial charge >= 0.3 is 5.97 Å². The lowest BCUT2D eigenvalue weighted by molar-refractivity contribution is -0.710. The molecular weight excluding hydrogens is 166 g/mol. The Labute approximate surface area is 68.0 Å². The molecule has 0 saturated carbocycles. The summed E-state index contributed by atoms with van der Waals surface area (Å²) < 4.78 is 0. The van der Waals surface area contributed by atoms with Crippen LogP contribution < -0.4 is 0 Å². The summed E-state index contributed by atoms with van der Waals surface area (Å²) in [6, 6.07) is -0.863. The first-order valence-electron chi connectivity index (χ1n) is 3.48. The molecule has 1 rings (SSSR count). The molecule has 0 spiro atoms. The van der Waals surface area contributed by atoms with E-state index in [1.54, 1.807) is 0 Å². The number of carboxylic acids is 1. The highest BCUT2D eigenvalue weighted by Crippen LogP contribution is 2.16. The first-order valence-corrected chi connectivity index (χ1v) is 3.48. The fraction of sp³-hybridized carbons (Fsp3) is 0.800. The number of hydrogen-bond acceptors (Lipinski definition) is 3. The predicted molar refractivity (Wildman–Crippen MR) is 35.2 cm³/mol. The van der Waals surface area contributed by atoms with Crippen LogP contribution in [-0.4, -0.2) is 38.8 Å². The van der Waals surface area contributed by atoms with Crippen LogP contribution in [-0.2, 0) is 4.79 Å². The van der Waals surface area contributed by atoms with Crippen LogP contribution in [0.15, 0.2) is 5.28 Å². The van der Waals surface area contributed by atoms with E-state index in [0.29, 0.717) is 19.4 Å². The number of carbonyl (C=O) groups is 1. The average molecular weight is 175 g/mol. The predicted octanol–water partition coefficient (Wildman–Crippen LogP) is -0.198. The number of nitrogens with zero attached hydrogens (tertiary/aromatic N) is 3. The van der Waals surface area contributed by atoms with Gasteiger partial charge in [-0.05, 0) is 12.8 Å². The highest BCUT2D eigenvalue weighted by atomic mass is 16.6. The van der Waals surface area contributed by atoms with Crippen LogP contribution in [0, 0.1) is 5.21 Å². The normalized spacial score (nSPS) is 24.5. The van der Waals surface area contributed by atoms with E-state index in [2.05, 4.69) is 5.28 Å². The van der Waals surface area contributed by atoms with Crippen LogP contribution in [0.3, 0.4) is 0 Å². The first kappa shape index (κ1) is 8.57. The smallest absolute Gasteiger partial charge is 0.332 e. The molecule has 1 atom stereocenters. The van der Waals surface area contributed by atoms with Gasteiger partial charge in [-0.1, -0.05) is 0 Å². The van der Waals surface area contributed by atoms with Crippen molar-refractivity contribution in [1.82, 2.24) is 5.01 Å². The van der Waals surface area contributed by atoms with E-state index in [0.717, 1.165) is 5.01 Å². The van der Waals surface area contributed by atoms with Gasteiger partial charge < -0.3 is 15.5 Å². The third-order valence-electron chi connectivity index (χ3n) is 1.81. The maximum absolute atomic E-state index is 10.7. The van der Waals surface area contributed by atoms with Crippen LogP contribution in [0.5, 0.6) is 0 Å². The van der Waals surface area contributed by atoms with Gasteiger partial charge in [0.15, 0.2) is 6.04 Å². The Kier molecular flexibility index (Phi) is 2.32. The number of hydrogen-bond donors (Lipinski definition) is 2. The average Bonchev–Trinajstić information content (AvgIpc) is 2.50. The lowest BCUT2D eigenvalue weighted by atomic mass is 10.2. The van der Waals surface area contributed by atoms with Crippen molar-refractivity contribution in [2.75, 3.05) is 6.54 Å². The zero-order chi connectivity index (χ0) is 9.14. The third-order valence-corrected chi connectivity index (χ3v) is 1.81. The van der Waals surface area contributed by atoms with Crippen molar-refractivity contribution in [2.45, 2.75) is 18.9 Å². The second-order valence-corrected chi connectivity index (χ2v) is 2.50. The van der Waals surface area contributed by atoms with E-state index in [-0.39, 0.29) is 4.97 Å². The molecule has 7 nitrogen and oxygen atoms in total. The van der Waals surface area contributed by atoms with Gasteiger partial charge in [-0.3, -0.25) is 0 Å². The second kappa shape index (κ2) is 3.24. The van der Waals surface area contributed by atoms with Gasteiger partial charge in [0.2, 0.25) is 5.28 Å². The molecule has 2 N–H and O–H groups in total. The highest BCUT2D eigenvalue weighted by Gasteiger charge is 2.36. The zero-order valence-corrected chi connectivity index (χ0v) is 6.25. The molecule has 0 aromatic rings. The molecular formula is C5H9N3O4. The topological polar surface area (TPSA) is 99.2 Å². The molecule has 0 aromatic carbocycles. The van der Waals surface area contributed by atoms with Crippen molar-refractivity contribution < 1.29 is 20.1 Å². The van der Waals surface area contributed by atoms with E-state index in [9.17, 15) is 10.0 Å². The van der Waals surface area contributed by atoms with Gasteiger partial charge in [-0.2, -0.15) is 0 Å². The van der Waals surface area contributed by atoms with Crippen molar-refractivity contribution in [3.63, 3.8) is 0 Å². The molecule has 0 radical (unpaired) electrons. The summed E-state index contributed by atoms with van der Waals surface area (Å²) in [7, 11) is 0. The van der Waals surface area contributed by atoms with Crippen molar-refractivity contribution in [3.8, 4) is 0 Å². The molecule has 1 saturated heterocycles. The number of aliphatic carboxylic acids is 1. The Bertz CT molecular complexity index is 217. The molecule has 0 bridgehead atoms. The van der Waals surface area contributed by atoms with Crippen molar-refractivity contribution in [2.24, 2.45) is 5.28 Å². The van der Waals surface area contributed by atoms with E-state index in [1.807, 2.05) is 0 Å². The van der Waals surface area contributed by atoms with Gasteiger partial charge in [0, 0.05) is 0 Å². The summed E-state index contributed by atoms with van der Waals surface area (Å²) in [4.78, 5) is 10.4. The monoisotopic (exact) mass is 175 g/mol. The molecule has 1 fully saturated rings. The Balaban J connectivity index is 2.70. The summed E-state index contributed by atoms with van der Waals surface area (Å²) in [5.41, 5.74) is 0. The lowest BCUT2D eigenvalue weighted by Gasteiger charge is -2.15. The molecule has 7 heteroatoms. The zero-order valence-electron chi connectivity index (χ0n) is 6.25. The summed E-state index contributed by atoms with van der Waals surface area (Å²) in [6.07, 6.45) is 1.02. The Morgan fingerprint density at radius 1 is 1.75 bits per heavy atom. The van der Waals surface area contributed by atoms with Gasteiger partial charge in [0.1, 0.15) is 0 Å². The summed E-state index contributed by atoms with van der Waals surface area (Å²) >= 11 is 0. The van der Waals surface area contributed by atoms with Gasteiger partial charge in [0.05, 0.1) is 11.5 Å². The minimum Gasteiger partial charge on any atom is -0.569 e. The molecule has 0 unspecified atom stereocenters. The highest BCUT2D eigenvalue weighted by molar-refractivity contribution is 5.73. The number of carboxylic acid groups (broad SMARTS) is 1. The molecule has 68 valence electrons. The number of rotatable bonds is 2. The standard InChI is InChI=1S/C5H9N3O4/c9-5(10)4-2-1-3-7(4)8(12)6-11/h4,11H,1-3H2,(H,9,10)/b8-6+/t4-/m0/s1. The fourth-order valence-electron chi connectivity index (χ4n) is 1.26. The van der Waals surface area contributed by atoms with E-state index in [1.165, 1.54) is 0 Å². The van der Waals surface area contributed by atoms with Crippen LogP contribution in [0.1, 0.15) is 12.8 Å². The van der Waals surface area contributed by atoms with Crippen LogP contribution in [0.2, 0.25) is 0 Å². The molecule has 0 aromatic heterocycles. The van der Waals surface area contributed by atoms with Gasteiger partial charge in [-0.25, -0.2) is 4.79 Å². The largest absolute Gasteiger partial charge is 0.569 e. The molecule has 1 heterocycles. The SMILES string of the molecule is O=C(O)[C@@H]1CCCN1/[N+]([O-])=N\O. The third kappa shape index (κ3) is 1.39. The van der Waals surface area contributed by atoms with Gasteiger partial charge in [0.25, 0.3) is 0 Å².